The molecule has 1 aromatic rings. The van der Waals surface area contributed by atoms with E-state index < -0.39 is 5.54 Å². The average molecular weight is 279 g/mol. The molecule has 0 radical (unpaired) electrons. The summed E-state index contributed by atoms with van der Waals surface area (Å²) >= 11 is 0. The lowest BCUT2D eigenvalue weighted by Gasteiger charge is -2.44. The molecule has 0 spiro atoms. The van der Waals surface area contributed by atoms with Crippen molar-refractivity contribution in [2.45, 2.75) is 32.9 Å². The number of hydrogen-bond acceptors (Lipinski definition) is 4. The van der Waals surface area contributed by atoms with Crippen LogP contribution in [0.2, 0.25) is 0 Å². The number of nitrogens with two attached hydrogens (primary N) is 1. The number of anilines is 1. The Labute approximate surface area is 118 Å². The Kier molecular flexibility index (Phi) is 3.45. The number of aryl methyl sites for hydroxylation is 1. The van der Waals surface area contributed by atoms with Crippen LogP contribution >= 0.6 is 0 Å². The number of nitrogens with zero attached hydrogens (tertiary/aromatic N) is 4. The predicted octanol–water partition coefficient (Wildman–Crippen LogP) is 0.178. The Morgan fingerprint density at radius 1 is 1.45 bits per heavy atom. The van der Waals surface area contributed by atoms with Crippen molar-refractivity contribution in [1.82, 2.24) is 19.6 Å². The molecule has 0 unspecified atom stereocenters. The van der Waals surface area contributed by atoms with Crippen molar-refractivity contribution in [1.29, 1.82) is 0 Å². The van der Waals surface area contributed by atoms with Gasteiger partial charge in [-0.1, -0.05) is 0 Å². The van der Waals surface area contributed by atoms with Gasteiger partial charge in [0.15, 0.2) is 5.69 Å². The number of carbonyl (C=O) groups excluding carboxylic acids is 2. The van der Waals surface area contributed by atoms with Gasteiger partial charge in [0.05, 0.1) is 5.69 Å². The number of piperazine rings is 1. The first-order chi connectivity index (χ1) is 9.28. The monoisotopic (exact) mass is 279 g/mol. The minimum Gasteiger partial charge on any atom is -0.396 e. The topological polar surface area (TPSA) is 84.5 Å². The van der Waals surface area contributed by atoms with Crippen molar-refractivity contribution in [2.24, 2.45) is 0 Å². The van der Waals surface area contributed by atoms with Crippen LogP contribution in [0, 0.1) is 0 Å². The van der Waals surface area contributed by atoms with E-state index in [4.69, 9.17) is 5.73 Å². The highest BCUT2D eigenvalue weighted by Crippen LogP contribution is 2.25. The largest absolute Gasteiger partial charge is 0.396 e. The summed E-state index contributed by atoms with van der Waals surface area (Å²) in [5, 5.41) is 4.19. The maximum Gasteiger partial charge on any atom is 0.277 e. The van der Waals surface area contributed by atoms with E-state index in [2.05, 4.69) is 5.10 Å². The van der Waals surface area contributed by atoms with Gasteiger partial charge in [-0.2, -0.15) is 5.10 Å². The maximum absolute atomic E-state index is 12.6. The van der Waals surface area contributed by atoms with Gasteiger partial charge in [0.1, 0.15) is 5.54 Å². The van der Waals surface area contributed by atoms with Crippen molar-refractivity contribution in [3.8, 4) is 0 Å². The molecule has 2 amide bonds. The Morgan fingerprint density at radius 2 is 2.10 bits per heavy atom. The molecule has 2 rings (SSSR count). The lowest BCUT2D eigenvalue weighted by atomic mass is 9.97. The number of nitrogen functional groups attached to an aromatic ring is 1. The first-order valence-electron chi connectivity index (χ1n) is 6.69. The molecule has 7 nitrogen and oxygen atoms in total. The van der Waals surface area contributed by atoms with Gasteiger partial charge in [0, 0.05) is 32.9 Å². The Balaban J connectivity index is 2.33. The van der Waals surface area contributed by atoms with Crippen LogP contribution in [-0.2, 0) is 11.3 Å². The van der Waals surface area contributed by atoms with Crippen molar-refractivity contribution in [2.75, 3.05) is 25.9 Å². The van der Waals surface area contributed by atoms with E-state index in [-0.39, 0.29) is 17.5 Å². The molecule has 0 bridgehead atoms. The van der Waals surface area contributed by atoms with Crippen molar-refractivity contribution >= 4 is 17.5 Å². The zero-order valence-corrected chi connectivity index (χ0v) is 12.4. The normalized spacial score (nSPS) is 18.5. The molecule has 2 N–H and O–H groups in total. The summed E-state index contributed by atoms with van der Waals surface area (Å²) in [7, 11) is 1.74. The summed E-state index contributed by atoms with van der Waals surface area (Å²) < 4.78 is 1.62. The van der Waals surface area contributed by atoms with Crippen LogP contribution in [0.25, 0.3) is 0 Å². The van der Waals surface area contributed by atoms with Gasteiger partial charge in [-0.3, -0.25) is 14.3 Å². The molecule has 1 fully saturated rings. The Bertz CT molecular complexity index is 549. The standard InChI is InChI=1S/C13H21N5O2/c1-5-17-8-9(14)10(15-17)11(19)18-7-6-16(4)12(20)13(18,2)3/h8H,5-7,14H2,1-4H3. The molecule has 110 valence electrons. The highest BCUT2D eigenvalue weighted by Gasteiger charge is 2.44. The molecular weight excluding hydrogens is 258 g/mol. The summed E-state index contributed by atoms with van der Waals surface area (Å²) in [5.41, 5.74) is 5.53. The molecule has 1 aliphatic rings. The predicted molar refractivity (Wildman–Crippen MR) is 75.1 cm³/mol. The van der Waals surface area contributed by atoms with Gasteiger partial charge >= 0.3 is 0 Å². The number of rotatable bonds is 2. The van der Waals surface area contributed by atoms with Gasteiger partial charge in [-0.05, 0) is 20.8 Å². The molecule has 0 aliphatic carbocycles. The van der Waals surface area contributed by atoms with E-state index in [0.29, 0.717) is 25.3 Å². The van der Waals surface area contributed by atoms with Crippen LogP contribution in [0.15, 0.2) is 6.20 Å². The summed E-state index contributed by atoms with van der Waals surface area (Å²) in [4.78, 5) is 28.0. The fourth-order valence-corrected chi connectivity index (χ4v) is 2.46. The fourth-order valence-electron chi connectivity index (χ4n) is 2.46. The highest BCUT2D eigenvalue weighted by atomic mass is 16.2. The zero-order valence-electron chi connectivity index (χ0n) is 12.4. The number of carbonyl (C=O) groups is 2. The van der Waals surface area contributed by atoms with E-state index in [0.717, 1.165) is 0 Å². The van der Waals surface area contributed by atoms with Gasteiger partial charge in [-0.25, -0.2) is 0 Å². The third-order valence-electron chi connectivity index (χ3n) is 3.77. The second-order valence-corrected chi connectivity index (χ2v) is 5.53. The van der Waals surface area contributed by atoms with Crippen LogP contribution in [0.4, 0.5) is 5.69 Å². The molecular formula is C13H21N5O2. The summed E-state index contributed by atoms with van der Waals surface area (Å²) in [6, 6.07) is 0. The fraction of sp³-hybridized carbons (Fsp3) is 0.615. The first-order valence-corrected chi connectivity index (χ1v) is 6.69. The molecule has 7 heteroatoms. The summed E-state index contributed by atoms with van der Waals surface area (Å²) in [6.45, 7) is 7.05. The molecule has 1 saturated heterocycles. The van der Waals surface area contributed by atoms with Gasteiger partial charge in [0.2, 0.25) is 5.91 Å². The van der Waals surface area contributed by atoms with Crippen molar-refractivity contribution in [3.63, 3.8) is 0 Å². The van der Waals surface area contributed by atoms with Gasteiger partial charge in [-0.15, -0.1) is 0 Å². The van der Waals surface area contributed by atoms with Crippen molar-refractivity contribution < 1.29 is 9.59 Å². The smallest absolute Gasteiger partial charge is 0.277 e. The second kappa shape index (κ2) is 4.81. The quantitative estimate of drug-likeness (QED) is 0.837. The third kappa shape index (κ3) is 2.13. The molecule has 0 aromatic carbocycles. The van der Waals surface area contributed by atoms with Crippen molar-refractivity contribution in [3.05, 3.63) is 11.9 Å². The molecule has 1 aliphatic heterocycles. The minimum atomic E-state index is -0.882. The van der Waals surface area contributed by atoms with E-state index in [1.165, 1.54) is 0 Å². The number of aromatic nitrogens is 2. The summed E-state index contributed by atoms with van der Waals surface area (Å²) in [6.07, 6.45) is 1.64. The van der Waals surface area contributed by atoms with Gasteiger partial charge < -0.3 is 15.5 Å². The van der Waals surface area contributed by atoms with Crippen LogP contribution in [-0.4, -0.2) is 57.1 Å². The minimum absolute atomic E-state index is 0.0782. The number of amides is 2. The van der Waals surface area contributed by atoms with E-state index in [1.807, 2.05) is 6.92 Å². The van der Waals surface area contributed by atoms with Crippen LogP contribution in [0.3, 0.4) is 0 Å². The number of likely N-dealkylation sites (N-methyl/N-ethyl adjacent to an activating group) is 1. The third-order valence-corrected chi connectivity index (χ3v) is 3.77. The van der Waals surface area contributed by atoms with E-state index in [1.54, 1.807) is 41.6 Å². The van der Waals surface area contributed by atoms with Crippen LogP contribution in [0.1, 0.15) is 31.3 Å². The second-order valence-electron chi connectivity index (χ2n) is 5.53. The lowest BCUT2D eigenvalue weighted by Crippen LogP contribution is -2.63. The highest BCUT2D eigenvalue weighted by molar-refractivity contribution is 6.01. The first kappa shape index (κ1) is 14.4. The molecule has 2 heterocycles. The lowest BCUT2D eigenvalue weighted by molar-refractivity contribution is -0.144. The van der Waals surface area contributed by atoms with Gasteiger partial charge in [0.25, 0.3) is 5.91 Å². The Hall–Kier alpha value is -2.05. The molecule has 0 saturated carbocycles. The number of hydrogen-bond donors (Lipinski definition) is 1. The maximum atomic E-state index is 12.6. The Morgan fingerprint density at radius 3 is 2.65 bits per heavy atom. The molecule has 0 atom stereocenters. The average Bonchev–Trinajstić information content (AvgIpc) is 2.77. The van der Waals surface area contributed by atoms with E-state index >= 15 is 0 Å². The van der Waals surface area contributed by atoms with E-state index in [9.17, 15) is 9.59 Å². The molecule has 20 heavy (non-hydrogen) atoms. The SMILES string of the molecule is CCn1cc(N)c(C(=O)N2CCN(C)C(=O)C2(C)C)n1. The summed E-state index contributed by atoms with van der Waals surface area (Å²) in [5.74, 6) is -0.369. The zero-order chi connectivity index (χ0) is 15.1. The van der Waals surface area contributed by atoms with Crippen LogP contribution < -0.4 is 5.73 Å². The molecule has 1 aromatic heterocycles. The van der Waals surface area contributed by atoms with Crippen LogP contribution in [0.5, 0.6) is 0 Å².